The van der Waals surface area contributed by atoms with E-state index in [1.54, 1.807) is 6.20 Å². The third-order valence-electron chi connectivity index (χ3n) is 4.26. The fraction of sp³-hybridized carbons (Fsp3) is 0.474. The Balaban J connectivity index is 1.40. The summed E-state index contributed by atoms with van der Waals surface area (Å²) in [6, 6.07) is 9.97. The second-order valence-corrected chi connectivity index (χ2v) is 6.22. The van der Waals surface area contributed by atoms with Crippen molar-refractivity contribution < 1.29 is 9.47 Å². The van der Waals surface area contributed by atoms with Crippen LogP contribution in [0.25, 0.3) is 0 Å². The van der Waals surface area contributed by atoms with Crippen molar-refractivity contribution in [3.05, 3.63) is 47.9 Å². The van der Waals surface area contributed by atoms with Crippen LogP contribution in [0, 0.1) is 13.8 Å². The summed E-state index contributed by atoms with van der Waals surface area (Å²) in [7, 11) is 0. The van der Waals surface area contributed by atoms with Gasteiger partial charge in [0, 0.05) is 25.8 Å². The van der Waals surface area contributed by atoms with Crippen LogP contribution in [0.1, 0.15) is 24.2 Å². The van der Waals surface area contributed by atoms with Crippen LogP contribution in [-0.2, 0) is 0 Å². The van der Waals surface area contributed by atoms with E-state index >= 15 is 0 Å². The van der Waals surface area contributed by atoms with Crippen LogP contribution in [0.3, 0.4) is 0 Å². The first kappa shape index (κ1) is 16.7. The van der Waals surface area contributed by atoms with Gasteiger partial charge in [0.1, 0.15) is 18.5 Å². The third kappa shape index (κ3) is 4.68. The zero-order valence-electron chi connectivity index (χ0n) is 14.4. The lowest BCUT2D eigenvalue weighted by Crippen LogP contribution is -2.40. The number of para-hydroxylation sites is 1. The molecule has 1 aromatic carbocycles. The van der Waals surface area contributed by atoms with Gasteiger partial charge in [-0.2, -0.15) is 0 Å². The number of hydrogen-bond acceptors (Lipinski definition) is 5. The van der Waals surface area contributed by atoms with E-state index in [1.165, 1.54) is 0 Å². The molecule has 1 fully saturated rings. The van der Waals surface area contributed by atoms with Crippen LogP contribution in [0.2, 0.25) is 0 Å². The van der Waals surface area contributed by atoms with Crippen molar-refractivity contribution in [2.45, 2.75) is 32.8 Å². The maximum Gasteiger partial charge on any atom is 0.235 e. The molecule has 0 unspecified atom stereocenters. The van der Waals surface area contributed by atoms with Crippen molar-refractivity contribution in [1.29, 1.82) is 0 Å². The molecule has 1 aromatic heterocycles. The maximum absolute atomic E-state index is 6.06. The van der Waals surface area contributed by atoms with E-state index in [-0.39, 0.29) is 6.10 Å². The molecule has 1 saturated heterocycles. The molecule has 24 heavy (non-hydrogen) atoms. The molecule has 5 nitrogen and oxygen atoms in total. The molecule has 2 heterocycles. The van der Waals surface area contributed by atoms with Crippen LogP contribution >= 0.6 is 0 Å². The van der Waals surface area contributed by atoms with E-state index in [2.05, 4.69) is 14.9 Å². The molecule has 1 aliphatic rings. The Bertz CT molecular complexity index is 640. The molecule has 0 atom stereocenters. The first-order valence-corrected chi connectivity index (χ1v) is 8.58. The predicted octanol–water partition coefficient (Wildman–Crippen LogP) is 3.02. The summed E-state index contributed by atoms with van der Waals surface area (Å²) in [5.41, 5.74) is 1.75. The molecular formula is C19H25N3O2. The van der Waals surface area contributed by atoms with Gasteiger partial charge in [-0.15, -0.1) is 0 Å². The van der Waals surface area contributed by atoms with Crippen molar-refractivity contribution in [2.75, 3.05) is 26.2 Å². The summed E-state index contributed by atoms with van der Waals surface area (Å²) in [6.07, 6.45) is 4.03. The average Bonchev–Trinajstić information content (AvgIpc) is 2.61. The minimum atomic E-state index is 0.228. The fourth-order valence-corrected chi connectivity index (χ4v) is 2.84. The van der Waals surface area contributed by atoms with Gasteiger partial charge in [0.05, 0.1) is 11.4 Å². The molecule has 0 aliphatic carbocycles. The van der Waals surface area contributed by atoms with E-state index in [0.717, 1.165) is 56.2 Å². The van der Waals surface area contributed by atoms with Crippen LogP contribution in [0.15, 0.2) is 36.5 Å². The maximum atomic E-state index is 6.06. The van der Waals surface area contributed by atoms with Crippen LogP contribution in [0.4, 0.5) is 0 Å². The van der Waals surface area contributed by atoms with Gasteiger partial charge in [-0.25, -0.2) is 4.98 Å². The Hall–Kier alpha value is -2.14. The van der Waals surface area contributed by atoms with E-state index in [0.29, 0.717) is 5.88 Å². The number of hydrogen-bond donors (Lipinski definition) is 0. The summed E-state index contributed by atoms with van der Waals surface area (Å²) in [5.74, 6) is 1.62. The molecule has 0 N–H and O–H groups in total. The van der Waals surface area contributed by atoms with E-state index in [1.807, 2.05) is 44.2 Å². The normalized spacial score (nSPS) is 16.1. The number of piperidine rings is 1. The van der Waals surface area contributed by atoms with Gasteiger partial charge in [-0.1, -0.05) is 18.2 Å². The lowest BCUT2D eigenvalue weighted by atomic mass is 10.1. The standard InChI is InChI=1S/C19H25N3O2/c1-15-14-20-16(2)19(21-15)24-18-8-10-22(11-9-18)12-13-23-17-6-4-3-5-7-17/h3-7,14,18H,8-13H2,1-2H3. The van der Waals surface area contributed by atoms with Crippen LogP contribution in [0.5, 0.6) is 11.6 Å². The molecule has 2 aromatic rings. The first-order chi connectivity index (χ1) is 11.7. The molecule has 0 spiro atoms. The van der Waals surface area contributed by atoms with Crippen molar-refractivity contribution >= 4 is 0 Å². The van der Waals surface area contributed by atoms with Gasteiger partial charge >= 0.3 is 0 Å². The molecule has 0 bridgehead atoms. The number of likely N-dealkylation sites (tertiary alicyclic amines) is 1. The summed E-state index contributed by atoms with van der Waals surface area (Å²) in [6.45, 7) is 7.61. The fourth-order valence-electron chi connectivity index (χ4n) is 2.84. The molecule has 128 valence electrons. The molecular weight excluding hydrogens is 302 g/mol. The SMILES string of the molecule is Cc1cnc(C)c(OC2CCN(CCOc3ccccc3)CC2)n1. The van der Waals surface area contributed by atoms with Gasteiger partial charge in [-0.05, 0) is 38.8 Å². The zero-order chi connectivity index (χ0) is 16.8. The van der Waals surface area contributed by atoms with Gasteiger partial charge in [0.2, 0.25) is 5.88 Å². The van der Waals surface area contributed by atoms with Crippen molar-refractivity contribution in [2.24, 2.45) is 0 Å². The van der Waals surface area contributed by atoms with Crippen LogP contribution in [-0.4, -0.2) is 47.2 Å². The van der Waals surface area contributed by atoms with E-state index in [4.69, 9.17) is 9.47 Å². The lowest BCUT2D eigenvalue weighted by Gasteiger charge is -2.31. The largest absolute Gasteiger partial charge is 0.492 e. The molecule has 0 radical (unpaired) electrons. The average molecular weight is 327 g/mol. The lowest BCUT2D eigenvalue weighted by molar-refractivity contribution is 0.0873. The van der Waals surface area contributed by atoms with Crippen molar-refractivity contribution in [1.82, 2.24) is 14.9 Å². The summed E-state index contributed by atoms with van der Waals surface area (Å²) < 4.78 is 11.8. The topological polar surface area (TPSA) is 47.5 Å². The monoisotopic (exact) mass is 327 g/mol. The van der Waals surface area contributed by atoms with Gasteiger partial charge in [-0.3, -0.25) is 9.88 Å². The summed E-state index contributed by atoms with van der Waals surface area (Å²) >= 11 is 0. The molecule has 1 aliphatic heterocycles. The Morgan fingerprint density at radius 3 is 2.62 bits per heavy atom. The van der Waals surface area contributed by atoms with E-state index in [9.17, 15) is 0 Å². The number of aryl methyl sites for hydroxylation is 2. The van der Waals surface area contributed by atoms with Gasteiger partial charge in [0.15, 0.2) is 0 Å². The second kappa shape index (κ2) is 8.11. The smallest absolute Gasteiger partial charge is 0.235 e. The third-order valence-corrected chi connectivity index (χ3v) is 4.26. The highest BCUT2D eigenvalue weighted by Gasteiger charge is 2.21. The molecule has 0 saturated carbocycles. The molecule has 5 heteroatoms. The van der Waals surface area contributed by atoms with Crippen molar-refractivity contribution in [3.8, 4) is 11.6 Å². The first-order valence-electron chi connectivity index (χ1n) is 8.58. The highest BCUT2D eigenvalue weighted by molar-refractivity contribution is 5.21. The number of rotatable bonds is 6. The quantitative estimate of drug-likeness (QED) is 0.816. The Morgan fingerprint density at radius 2 is 1.88 bits per heavy atom. The molecule has 3 rings (SSSR count). The minimum Gasteiger partial charge on any atom is -0.492 e. The number of nitrogens with zero attached hydrogens (tertiary/aromatic N) is 3. The Morgan fingerprint density at radius 1 is 1.12 bits per heavy atom. The number of benzene rings is 1. The zero-order valence-corrected chi connectivity index (χ0v) is 14.4. The van der Waals surface area contributed by atoms with Crippen molar-refractivity contribution in [3.63, 3.8) is 0 Å². The summed E-state index contributed by atoms with van der Waals surface area (Å²) in [4.78, 5) is 11.2. The summed E-state index contributed by atoms with van der Waals surface area (Å²) in [5, 5.41) is 0. The second-order valence-electron chi connectivity index (χ2n) is 6.22. The number of ether oxygens (including phenoxy) is 2. The number of aromatic nitrogens is 2. The highest BCUT2D eigenvalue weighted by atomic mass is 16.5. The minimum absolute atomic E-state index is 0.228. The van der Waals surface area contributed by atoms with Gasteiger partial charge < -0.3 is 9.47 Å². The Kier molecular flexibility index (Phi) is 5.64. The molecule has 0 amide bonds. The Labute approximate surface area is 143 Å². The van der Waals surface area contributed by atoms with Gasteiger partial charge in [0.25, 0.3) is 0 Å². The highest BCUT2D eigenvalue weighted by Crippen LogP contribution is 2.19. The van der Waals surface area contributed by atoms with E-state index < -0.39 is 0 Å². The predicted molar refractivity (Wildman–Crippen MR) is 93.5 cm³/mol. The van der Waals surface area contributed by atoms with Crippen LogP contribution < -0.4 is 9.47 Å².